The fraction of sp³-hybridized carbons (Fsp3) is 0.0909. The number of benzene rings is 1. The van der Waals surface area contributed by atoms with Crippen molar-refractivity contribution in [2.24, 2.45) is 0 Å². The number of ether oxygens (including phenoxy) is 1. The van der Waals surface area contributed by atoms with Crippen LogP contribution < -0.4 is 10.1 Å². The summed E-state index contributed by atoms with van der Waals surface area (Å²) >= 11 is 0.578. The SMILES string of the molecule is O=C(Nc1ncc([N+](=O)[O-])s1)c1ccccc1OC(F)(F)F. The largest absolute Gasteiger partial charge is 0.573 e. The molecule has 1 aromatic carbocycles. The van der Waals surface area contributed by atoms with Gasteiger partial charge in [-0.2, -0.15) is 0 Å². The highest BCUT2D eigenvalue weighted by Crippen LogP contribution is 2.29. The second kappa shape index (κ2) is 5.97. The molecule has 2 aromatic rings. The molecule has 0 aliphatic heterocycles. The molecular formula is C11H6F3N3O4S. The molecule has 2 rings (SSSR count). The number of thiazole rings is 1. The van der Waals surface area contributed by atoms with Crippen LogP contribution in [0.25, 0.3) is 0 Å². The molecule has 22 heavy (non-hydrogen) atoms. The highest BCUT2D eigenvalue weighted by molar-refractivity contribution is 7.18. The molecule has 0 atom stereocenters. The van der Waals surface area contributed by atoms with E-state index in [1.165, 1.54) is 12.1 Å². The Balaban J connectivity index is 2.20. The monoisotopic (exact) mass is 333 g/mol. The molecule has 0 unspecified atom stereocenters. The Morgan fingerprint density at radius 1 is 1.36 bits per heavy atom. The van der Waals surface area contributed by atoms with E-state index in [-0.39, 0.29) is 15.7 Å². The molecule has 0 saturated carbocycles. The number of nitrogens with one attached hydrogen (secondary N) is 1. The van der Waals surface area contributed by atoms with E-state index < -0.39 is 22.9 Å². The summed E-state index contributed by atoms with van der Waals surface area (Å²) < 4.78 is 40.5. The molecule has 0 aliphatic rings. The van der Waals surface area contributed by atoms with E-state index in [1.807, 2.05) is 0 Å². The van der Waals surface area contributed by atoms with Crippen molar-refractivity contribution in [1.29, 1.82) is 0 Å². The van der Waals surface area contributed by atoms with Gasteiger partial charge in [-0.25, -0.2) is 4.98 Å². The van der Waals surface area contributed by atoms with E-state index in [9.17, 15) is 28.1 Å². The van der Waals surface area contributed by atoms with Crippen LogP contribution in [0.3, 0.4) is 0 Å². The Hall–Kier alpha value is -2.69. The number of carbonyl (C=O) groups excluding carboxylic acids is 1. The van der Waals surface area contributed by atoms with Gasteiger partial charge in [0.05, 0.1) is 10.5 Å². The van der Waals surface area contributed by atoms with Crippen LogP contribution in [0.2, 0.25) is 0 Å². The summed E-state index contributed by atoms with van der Waals surface area (Å²) in [6.45, 7) is 0. The maximum absolute atomic E-state index is 12.3. The Morgan fingerprint density at radius 3 is 2.64 bits per heavy atom. The number of nitrogens with zero attached hydrogens (tertiary/aromatic N) is 2. The summed E-state index contributed by atoms with van der Waals surface area (Å²) in [4.78, 5) is 25.3. The molecule has 0 spiro atoms. The molecule has 1 N–H and O–H groups in total. The van der Waals surface area contributed by atoms with Gasteiger partial charge in [-0.3, -0.25) is 20.2 Å². The third-order valence-electron chi connectivity index (χ3n) is 2.25. The normalized spacial score (nSPS) is 11.0. The third-order valence-corrected chi connectivity index (χ3v) is 3.12. The number of hydrogen-bond acceptors (Lipinski definition) is 6. The van der Waals surface area contributed by atoms with Crippen molar-refractivity contribution in [3.05, 3.63) is 46.1 Å². The van der Waals surface area contributed by atoms with Crippen molar-refractivity contribution < 1.29 is 27.6 Å². The first-order valence-electron chi connectivity index (χ1n) is 5.52. The average Bonchev–Trinajstić information content (AvgIpc) is 2.86. The zero-order valence-corrected chi connectivity index (χ0v) is 11.3. The topological polar surface area (TPSA) is 94.4 Å². The number of aromatic nitrogens is 1. The Morgan fingerprint density at radius 2 is 2.05 bits per heavy atom. The van der Waals surface area contributed by atoms with Crippen LogP contribution in [0.4, 0.5) is 23.3 Å². The summed E-state index contributed by atoms with van der Waals surface area (Å²) in [6, 6.07) is 4.72. The number of rotatable bonds is 4. The maximum Gasteiger partial charge on any atom is 0.573 e. The lowest BCUT2D eigenvalue weighted by Gasteiger charge is -2.12. The van der Waals surface area contributed by atoms with Gasteiger partial charge in [-0.15, -0.1) is 13.2 Å². The quantitative estimate of drug-likeness (QED) is 0.685. The Kier molecular flexibility index (Phi) is 4.26. The van der Waals surface area contributed by atoms with E-state index in [4.69, 9.17) is 0 Å². The number of hydrogen-bond donors (Lipinski definition) is 1. The van der Waals surface area contributed by atoms with Gasteiger partial charge in [0.1, 0.15) is 11.9 Å². The molecule has 0 radical (unpaired) electrons. The second-order valence-electron chi connectivity index (χ2n) is 3.76. The van der Waals surface area contributed by atoms with Crippen molar-refractivity contribution in [2.45, 2.75) is 6.36 Å². The van der Waals surface area contributed by atoms with Gasteiger partial charge in [0.25, 0.3) is 5.91 Å². The van der Waals surface area contributed by atoms with Crippen molar-refractivity contribution in [2.75, 3.05) is 5.32 Å². The summed E-state index contributed by atoms with van der Waals surface area (Å²) in [5, 5.41) is 12.3. The van der Waals surface area contributed by atoms with Crippen LogP contribution >= 0.6 is 11.3 Å². The van der Waals surface area contributed by atoms with E-state index >= 15 is 0 Å². The van der Waals surface area contributed by atoms with E-state index in [0.717, 1.165) is 18.3 Å². The smallest absolute Gasteiger partial charge is 0.405 e. The zero-order chi connectivity index (χ0) is 16.3. The predicted octanol–water partition coefficient (Wildman–Crippen LogP) is 3.20. The molecule has 1 aromatic heterocycles. The average molecular weight is 333 g/mol. The van der Waals surface area contributed by atoms with Gasteiger partial charge in [0, 0.05) is 0 Å². The number of anilines is 1. The molecule has 1 heterocycles. The van der Waals surface area contributed by atoms with Gasteiger partial charge in [-0.05, 0) is 23.5 Å². The molecule has 7 nitrogen and oxygen atoms in total. The summed E-state index contributed by atoms with van der Waals surface area (Å²) in [7, 11) is 0. The molecule has 0 bridgehead atoms. The van der Waals surface area contributed by atoms with E-state index in [2.05, 4.69) is 15.0 Å². The Labute approximate surface area is 124 Å². The van der Waals surface area contributed by atoms with E-state index in [1.54, 1.807) is 0 Å². The molecule has 0 fully saturated rings. The van der Waals surface area contributed by atoms with Crippen molar-refractivity contribution in [3.8, 4) is 5.75 Å². The molecule has 0 saturated heterocycles. The molecule has 116 valence electrons. The summed E-state index contributed by atoms with van der Waals surface area (Å²) in [5.74, 6) is -1.61. The van der Waals surface area contributed by atoms with Crippen LogP contribution in [0.5, 0.6) is 5.75 Å². The highest BCUT2D eigenvalue weighted by atomic mass is 32.1. The number of halogens is 3. The minimum absolute atomic E-state index is 0.112. The van der Waals surface area contributed by atoms with Gasteiger partial charge in [0.15, 0.2) is 5.13 Å². The van der Waals surface area contributed by atoms with Gasteiger partial charge in [0.2, 0.25) is 0 Å². The van der Waals surface area contributed by atoms with E-state index in [0.29, 0.717) is 11.3 Å². The highest BCUT2D eigenvalue weighted by Gasteiger charge is 2.33. The minimum atomic E-state index is -4.95. The van der Waals surface area contributed by atoms with Crippen LogP contribution in [0.1, 0.15) is 10.4 Å². The summed E-state index contributed by atoms with van der Waals surface area (Å²) in [6.07, 6.45) is -4.02. The minimum Gasteiger partial charge on any atom is -0.405 e. The van der Waals surface area contributed by atoms with Gasteiger partial charge >= 0.3 is 11.4 Å². The molecular weight excluding hydrogens is 327 g/mol. The predicted molar refractivity (Wildman–Crippen MR) is 69.8 cm³/mol. The molecule has 11 heteroatoms. The zero-order valence-electron chi connectivity index (χ0n) is 10.5. The van der Waals surface area contributed by atoms with Crippen LogP contribution in [-0.4, -0.2) is 22.2 Å². The number of para-hydroxylation sites is 1. The number of nitro groups is 1. The van der Waals surface area contributed by atoms with Gasteiger partial charge in [-0.1, -0.05) is 12.1 Å². The lowest BCUT2D eigenvalue weighted by Crippen LogP contribution is -2.20. The first kappa shape index (κ1) is 15.7. The standard InChI is InChI=1S/C11H6F3N3O4S/c12-11(13,14)21-7-4-2-1-3-6(7)9(18)16-10-15-5-8(22-10)17(19)20/h1-5H,(H,15,16,18). The first-order valence-corrected chi connectivity index (χ1v) is 6.34. The fourth-order valence-corrected chi connectivity index (χ4v) is 2.07. The van der Waals surface area contributed by atoms with Gasteiger partial charge < -0.3 is 4.74 Å². The van der Waals surface area contributed by atoms with Crippen LogP contribution in [-0.2, 0) is 0 Å². The fourth-order valence-electron chi connectivity index (χ4n) is 1.44. The lowest BCUT2D eigenvalue weighted by atomic mass is 10.2. The van der Waals surface area contributed by atoms with Crippen molar-refractivity contribution >= 4 is 27.4 Å². The summed E-state index contributed by atoms with van der Waals surface area (Å²) in [5.41, 5.74) is -0.377. The van der Waals surface area contributed by atoms with Crippen LogP contribution in [0.15, 0.2) is 30.5 Å². The van der Waals surface area contributed by atoms with Crippen molar-refractivity contribution in [1.82, 2.24) is 4.98 Å². The number of amides is 1. The first-order chi connectivity index (χ1) is 10.3. The lowest BCUT2D eigenvalue weighted by molar-refractivity contribution is -0.380. The maximum atomic E-state index is 12.3. The second-order valence-corrected chi connectivity index (χ2v) is 4.77. The molecule has 0 aliphatic carbocycles. The van der Waals surface area contributed by atoms with Crippen LogP contribution in [0, 0.1) is 10.1 Å². The number of alkyl halides is 3. The Bertz CT molecular complexity index is 717. The third kappa shape index (κ3) is 3.91. The van der Waals surface area contributed by atoms with Crippen molar-refractivity contribution in [3.63, 3.8) is 0 Å². The molecule has 1 amide bonds. The number of carbonyl (C=O) groups is 1.